The number of aryl methyl sites for hydroxylation is 1. The Bertz CT molecular complexity index is 973. The minimum atomic E-state index is -0.0453. The van der Waals surface area contributed by atoms with Gasteiger partial charge in [0.25, 0.3) is 0 Å². The van der Waals surface area contributed by atoms with Crippen LogP contribution in [0, 0.1) is 6.92 Å². The molecule has 0 aliphatic rings. The van der Waals surface area contributed by atoms with Gasteiger partial charge < -0.3 is 25.2 Å². The highest BCUT2D eigenvalue weighted by Gasteiger charge is 2.07. The van der Waals surface area contributed by atoms with Crippen molar-refractivity contribution in [2.45, 2.75) is 20.0 Å². The predicted molar refractivity (Wildman–Crippen MR) is 125 cm³/mol. The molecule has 0 amide bonds. The number of para-hydroxylation sites is 1. The van der Waals surface area contributed by atoms with Crippen LogP contribution in [0.15, 0.2) is 77.8 Å². The third-order valence-electron chi connectivity index (χ3n) is 4.61. The number of nitrogens with zero attached hydrogens (tertiary/aromatic N) is 1. The molecule has 0 unspecified atom stereocenters. The largest absolute Gasteiger partial charge is 0.493 e. The van der Waals surface area contributed by atoms with Gasteiger partial charge in [0.15, 0.2) is 17.5 Å². The van der Waals surface area contributed by atoms with Crippen molar-refractivity contribution in [1.82, 2.24) is 5.32 Å². The second kappa shape index (κ2) is 11.6. The standard InChI is InChI=1S/C25H29N3O3/c1-19-8-10-20(11-9-19)17-26-25(28-22-6-4-3-5-7-22)27-18-21-12-13-23(31-15-14-29)24(16-21)30-2/h3-13,16,29H,14-15,17-18H2,1-2H3,(H2,26,27,28). The molecule has 0 fully saturated rings. The highest BCUT2D eigenvalue weighted by molar-refractivity contribution is 5.93. The first-order chi connectivity index (χ1) is 15.2. The van der Waals surface area contributed by atoms with Crippen LogP contribution in [0.4, 0.5) is 5.69 Å². The molecule has 0 bridgehead atoms. The van der Waals surface area contributed by atoms with Crippen molar-refractivity contribution in [3.63, 3.8) is 0 Å². The van der Waals surface area contributed by atoms with Crippen molar-refractivity contribution < 1.29 is 14.6 Å². The summed E-state index contributed by atoms with van der Waals surface area (Å²) in [6.45, 7) is 3.39. The number of aliphatic hydroxyl groups excluding tert-OH is 1. The topological polar surface area (TPSA) is 75.1 Å². The van der Waals surface area contributed by atoms with Gasteiger partial charge in [0, 0.05) is 12.2 Å². The normalized spacial score (nSPS) is 11.1. The number of hydrogen-bond acceptors (Lipinski definition) is 4. The van der Waals surface area contributed by atoms with E-state index in [1.807, 2.05) is 48.5 Å². The zero-order valence-corrected chi connectivity index (χ0v) is 18.0. The molecule has 0 aliphatic heterocycles. The molecule has 0 aliphatic carbocycles. The van der Waals surface area contributed by atoms with E-state index in [0.29, 0.717) is 30.5 Å². The Morgan fingerprint density at radius 1 is 0.935 bits per heavy atom. The highest BCUT2D eigenvalue weighted by atomic mass is 16.5. The molecule has 0 atom stereocenters. The molecule has 0 radical (unpaired) electrons. The average molecular weight is 420 g/mol. The number of ether oxygens (including phenoxy) is 2. The molecule has 0 spiro atoms. The summed E-state index contributed by atoms with van der Waals surface area (Å²) >= 11 is 0. The molecule has 6 heteroatoms. The van der Waals surface area contributed by atoms with Gasteiger partial charge in [-0.15, -0.1) is 0 Å². The van der Waals surface area contributed by atoms with Gasteiger partial charge in [-0.3, -0.25) is 0 Å². The number of benzene rings is 3. The highest BCUT2D eigenvalue weighted by Crippen LogP contribution is 2.28. The number of aliphatic hydroxyl groups is 1. The molecule has 3 aromatic rings. The van der Waals surface area contributed by atoms with E-state index in [1.165, 1.54) is 11.1 Å². The average Bonchev–Trinajstić information content (AvgIpc) is 2.81. The second-order valence-corrected chi connectivity index (χ2v) is 7.05. The summed E-state index contributed by atoms with van der Waals surface area (Å²) in [4.78, 5) is 4.75. The molecule has 3 N–H and O–H groups in total. The first kappa shape index (κ1) is 22.2. The maximum absolute atomic E-state index is 8.96. The zero-order chi connectivity index (χ0) is 21.9. The number of rotatable bonds is 9. The predicted octanol–water partition coefficient (Wildman–Crippen LogP) is 4.13. The molecule has 0 aromatic heterocycles. The molecule has 162 valence electrons. The van der Waals surface area contributed by atoms with E-state index >= 15 is 0 Å². The van der Waals surface area contributed by atoms with Gasteiger partial charge in [-0.05, 0) is 42.3 Å². The van der Waals surface area contributed by atoms with Gasteiger partial charge in [-0.2, -0.15) is 0 Å². The fourth-order valence-electron chi connectivity index (χ4n) is 2.95. The fourth-order valence-corrected chi connectivity index (χ4v) is 2.95. The van der Waals surface area contributed by atoms with Gasteiger partial charge in [-0.25, -0.2) is 4.99 Å². The van der Waals surface area contributed by atoms with Crippen molar-refractivity contribution in [1.29, 1.82) is 0 Å². The van der Waals surface area contributed by atoms with Crippen molar-refractivity contribution in [2.24, 2.45) is 4.99 Å². The Kier molecular flexibility index (Phi) is 8.31. The van der Waals surface area contributed by atoms with Crippen molar-refractivity contribution in [2.75, 3.05) is 25.6 Å². The third kappa shape index (κ3) is 7.04. The quantitative estimate of drug-likeness (QED) is 0.359. The number of nitrogens with one attached hydrogen (secondary N) is 2. The first-order valence-electron chi connectivity index (χ1n) is 10.2. The van der Waals surface area contributed by atoms with Crippen molar-refractivity contribution in [3.8, 4) is 11.5 Å². The molecular weight excluding hydrogens is 390 g/mol. The van der Waals surface area contributed by atoms with Gasteiger partial charge in [0.05, 0.1) is 20.3 Å². The van der Waals surface area contributed by atoms with E-state index in [0.717, 1.165) is 11.3 Å². The number of methoxy groups -OCH3 is 1. The van der Waals surface area contributed by atoms with Gasteiger partial charge in [0.2, 0.25) is 0 Å². The van der Waals surface area contributed by atoms with E-state index < -0.39 is 0 Å². The molecule has 3 rings (SSSR count). The van der Waals surface area contributed by atoms with Crippen molar-refractivity contribution >= 4 is 11.6 Å². The third-order valence-corrected chi connectivity index (χ3v) is 4.61. The molecular formula is C25H29N3O3. The van der Waals surface area contributed by atoms with Crippen LogP contribution in [0.1, 0.15) is 16.7 Å². The van der Waals surface area contributed by atoms with E-state index in [1.54, 1.807) is 7.11 Å². The van der Waals surface area contributed by atoms with Crippen molar-refractivity contribution in [3.05, 3.63) is 89.5 Å². The minimum absolute atomic E-state index is 0.0453. The SMILES string of the molecule is COc1cc(CN=C(NCc2ccc(C)cc2)Nc2ccccc2)ccc1OCCO. The summed E-state index contributed by atoms with van der Waals surface area (Å²) in [5.41, 5.74) is 4.36. The first-order valence-corrected chi connectivity index (χ1v) is 10.2. The number of hydrogen-bond donors (Lipinski definition) is 3. The Balaban J connectivity index is 1.73. The summed E-state index contributed by atoms with van der Waals surface area (Å²) in [7, 11) is 1.60. The van der Waals surface area contributed by atoms with Gasteiger partial charge in [-0.1, -0.05) is 54.1 Å². The molecule has 6 nitrogen and oxygen atoms in total. The van der Waals surface area contributed by atoms with Crippen LogP contribution in [-0.4, -0.2) is 31.4 Å². The molecule has 3 aromatic carbocycles. The van der Waals surface area contributed by atoms with Crippen LogP contribution < -0.4 is 20.1 Å². The van der Waals surface area contributed by atoms with E-state index in [2.05, 4.69) is 41.8 Å². The van der Waals surface area contributed by atoms with Crippen LogP contribution in [0.3, 0.4) is 0 Å². The number of anilines is 1. The fraction of sp³-hybridized carbons (Fsp3) is 0.240. The van der Waals surface area contributed by atoms with E-state index in [-0.39, 0.29) is 13.2 Å². The molecule has 0 saturated carbocycles. The van der Waals surface area contributed by atoms with Crippen LogP contribution in [0.25, 0.3) is 0 Å². The molecule has 0 saturated heterocycles. The lowest BCUT2D eigenvalue weighted by Crippen LogP contribution is -2.30. The maximum atomic E-state index is 8.96. The Morgan fingerprint density at radius 3 is 2.39 bits per heavy atom. The van der Waals surface area contributed by atoms with E-state index in [9.17, 15) is 0 Å². The van der Waals surface area contributed by atoms with Gasteiger partial charge >= 0.3 is 0 Å². The summed E-state index contributed by atoms with van der Waals surface area (Å²) in [5.74, 6) is 1.90. The molecule has 31 heavy (non-hydrogen) atoms. The smallest absolute Gasteiger partial charge is 0.196 e. The lowest BCUT2D eigenvalue weighted by molar-refractivity contribution is 0.196. The maximum Gasteiger partial charge on any atom is 0.196 e. The monoisotopic (exact) mass is 419 g/mol. The summed E-state index contributed by atoms with van der Waals surface area (Å²) in [6, 6.07) is 24.0. The second-order valence-electron chi connectivity index (χ2n) is 7.05. The van der Waals surface area contributed by atoms with Crippen LogP contribution in [0.2, 0.25) is 0 Å². The summed E-state index contributed by atoms with van der Waals surface area (Å²) < 4.78 is 10.9. The Hall–Kier alpha value is -3.51. The lowest BCUT2D eigenvalue weighted by Gasteiger charge is -2.14. The van der Waals surface area contributed by atoms with Crippen LogP contribution in [0.5, 0.6) is 11.5 Å². The lowest BCUT2D eigenvalue weighted by atomic mass is 10.1. The van der Waals surface area contributed by atoms with Gasteiger partial charge in [0.1, 0.15) is 6.61 Å². The summed E-state index contributed by atoms with van der Waals surface area (Å²) in [5, 5.41) is 15.7. The number of guanidine groups is 1. The van der Waals surface area contributed by atoms with E-state index in [4.69, 9.17) is 19.6 Å². The Labute approximate surface area is 183 Å². The summed E-state index contributed by atoms with van der Waals surface area (Å²) in [6.07, 6.45) is 0. The Morgan fingerprint density at radius 2 is 1.68 bits per heavy atom. The van der Waals surface area contributed by atoms with Crippen LogP contribution >= 0.6 is 0 Å². The van der Waals surface area contributed by atoms with Crippen LogP contribution in [-0.2, 0) is 13.1 Å². The zero-order valence-electron chi connectivity index (χ0n) is 18.0. The molecule has 0 heterocycles. The number of aliphatic imine (C=N–C) groups is 1. The minimum Gasteiger partial charge on any atom is -0.493 e.